The van der Waals surface area contributed by atoms with Crippen LogP contribution in [0.4, 0.5) is 0 Å². The maximum absolute atomic E-state index is 11.2. The van der Waals surface area contributed by atoms with Crippen LogP contribution < -0.4 is 0 Å². The number of rotatable bonds is 4. The fraction of sp³-hybridized carbons (Fsp3) is 0.357. The third kappa shape index (κ3) is 2.98. The molecule has 0 fully saturated rings. The molecule has 0 atom stereocenters. The molecule has 2 heterocycles. The molecule has 0 bridgehead atoms. The molecular weight excluding hydrogens is 260 g/mol. The second kappa shape index (κ2) is 5.48. The highest BCUT2D eigenvalue weighted by Gasteiger charge is 2.17. The minimum atomic E-state index is -0.894. The lowest BCUT2D eigenvalue weighted by atomic mass is 10.2. The predicted octanol–water partition coefficient (Wildman–Crippen LogP) is 3.47. The van der Waals surface area contributed by atoms with Crippen molar-refractivity contribution < 1.29 is 9.90 Å². The lowest BCUT2D eigenvalue weighted by molar-refractivity contribution is 0.0700. The smallest absolute Gasteiger partial charge is 0.347 e. The molecule has 0 saturated carbocycles. The van der Waals surface area contributed by atoms with Crippen molar-refractivity contribution in [2.24, 2.45) is 0 Å². The predicted molar refractivity (Wildman–Crippen MR) is 75.8 cm³/mol. The normalized spacial score (nSPS) is 10.7. The summed E-state index contributed by atoms with van der Waals surface area (Å²) in [6.45, 7) is 5.87. The zero-order valence-corrected chi connectivity index (χ0v) is 12.0. The Morgan fingerprint density at radius 1 is 1.26 bits per heavy atom. The van der Waals surface area contributed by atoms with E-state index in [0.717, 1.165) is 28.4 Å². The standard InChI is InChI=1S/C14H16N2O2S/c1-4-5-11-12(14(17)18)19-13(16-11)10-6-8(2)15-9(3)7-10/h6-7H,4-5H2,1-3H3,(H,17,18). The number of nitrogens with zero attached hydrogens (tertiary/aromatic N) is 2. The first-order valence-electron chi connectivity index (χ1n) is 6.20. The minimum absolute atomic E-state index is 0.351. The van der Waals surface area contributed by atoms with Crippen molar-refractivity contribution in [2.75, 3.05) is 0 Å². The number of carbonyl (C=O) groups is 1. The van der Waals surface area contributed by atoms with E-state index in [2.05, 4.69) is 9.97 Å². The van der Waals surface area contributed by atoms with Crippen LogP contribution in [0.5, 0.6) is 0 Å². The van der Waals surface area contributed by atoms with Crippen LogP contribution in [-0.2, 0) is 6.42 Å². The number of aromatic carboxylic acids is 1. The van der Waals surface area contributed by atoms with Gasteiger partial charge in [-0.3, -0.25) is 4.98 Å². The highest BCUT2D eigenvalue weighted by Crippen LogP contribution is 2.29. The molecule has 0 radical (unpaired) electrons. The van der Waals surface area contributed by atoms with Crippen LogP contribution in [0, 0.1) is 13.8 Å². The van der Waals surface area contributed by atoms with E-state index in [9.17, 15) is 9.90 Å². The molecule has 2 rings (SSSR count). The molecule has 0 aliphatic heterocycles. The van der Waals surface area contributed by atoms with E-state index in [1.165, 1.54) is 11.3 Å². The summed E-state index contributed by atoms with van der Waals surface area (Å²) in [5, 5.41) is 9.98. The summed E-state index contributed by atoms with van der Waals surface area (Å²) in [5.41, 5.74) is 3.46. The molecule has 0 saturated heterocycles. The Morgan fingerprint density at radius 2 is 1.89 bits per heavy atom. The van der Waals surface area contributed by atoms with Gasteiger partial charge in [0.15, 0.2) is 0 Å². The Kier molecular flexibility index (Phi) is 3.95. The van der Waals surface area contributed by atoms with Crippen LogP contribution in [0.3, 0.4) is 0 Å². The Balaban J connectivity index is 2.50. The van der Waals surface area contributed by atoms with Crippen LogP contribution in [0.25, 0.3) is 10.6 Å². The number of carboxylic acids is 1. The van der Waals surface area contributed by atoms with Crippen LogP contribution in [-0.4, -0.2) is 21.0 Å². The van der Waals surface area contributed by atoms with Crippen molar-refractivity contribution >= 4 is 17.3 Å². The molecule has 0 amide bonds. The Labute approximate surface area is 116 Å². The fourth-order valence-corrected chi connectivity index (χ4v) is 2.94. The third-order valence-corrected chi connectivity index (χ3v) is 3.84. The average molecular weight is 276 g/mol. The van der Waals surface area contributed by atoms with Gasteiger partial charge in [0.2, 0.25) is 0 Å². The van der Waals surface area contributed by atoms with Crippen molar-refractivity contribution in [3.63, 3.8) is 0 Å². The van der Waals surface area contributed by atoms with Crippen molar-refractivity contribution in [1.82, 2.24) is 9.97 Å². The summed E-state index contributed by atoms with van der Waals surface area (Å²) in [7, 11) is 0. The number of thiazole rings is 1. The SMILES string of the molecule is CCCc1nc(-c2cc(C)nc(C)c2)sc1C(=O)O. The summed E-state index contributed by atoms with van der Waals surface area (Å²) in [6.07, 6.45) is 1.58. The zero-order chi connectivity index (χ0) is 14.0. The quantitative estimate of drug-likeness (QED) is 0.928. The first-order valence-corrected chi connectivity index (χ1v) is 7.01. The van der Waals surface area contributed by atoms with Crippen LogP contribution >= 0.6 is 11.3 Å². The lowest BCUT2D eigenvalue weighted by Crippen LogP contribution is -1.98. The molecular formula is C14H16N2O2S. The molecule has 0 unspecified atom stereocenters. The summed E-state index contributed by atoms with van der Waals surface area (Å²) in [6, 6.07) is 3.88. The zero-order valence-electron chi connectivity index (χ0n) is 11.2. The van der Waals surface area contributed by atoms with E-state index in [1.807, 2.05) is 32.9 Å². The van der Waals surface area contributed by atoms with Gasteiger partial charge in [-0.05, 0) is 32.4 Å². The molecule has 5 heteroatoms. The number of carboxylic acid groups (broad SMARTS) is 1. The molecule has 0 aliphatic rings. The molecule has 100 valence electrons. The summed E-state index contributed by atoms with van der Waals surface area (Å²) < 4.78 is 0. The Bertz CT molecular complexity index is 600. The highest BCUT2D eigenvalue weighted by atomic mass is 32.1. The number of hydrogen-bond donors (Lipinski definition) is 1. The van der Waals surface area contributed by atoms with Crippen molar-refractivity contribution in [3.8, 4) is 10.6 Å². The molecule has 1 N–H and O–H groups in total. The van der Waals surface area contributed by atoms with Gasteiger partial charge < -0.3 is 5.11 Å². The first kappa shape index (κ1) is 13.7. The van der Waals surface area contributed by atoms with Gasteiger partial charge in [0.05, 0.1) is 5.69 Å². The second-order valence-corrected chi connectivity index (χ2v) is 5.49. The van der Waals surface area contributed by atoms with E-state index >= 15 is 0 Å². The van der Waals surface area contributed by atoms with Gasteiger partial charge in [-0.25, -0.2) is 9.78 Å². The maximum atomic E-state index is 11.2. The number of aryl methyl sites for hydroxylation is 3. The monoisotopic (exact) mass is 276 g/mol. The van der Waals surface area contributed by atoms with E-state index in [1.54, 1.807) is 0 Å². The van der Waals surface area contributed by atoms with Crippen molar-refractivity contribution in [3.05, 3.63) is 34.1 Å². The van der Waals surface area contributed by atoms with Crippen molar-refractivity contribution in [2.45, 2.75) is 33.6 Å². The second-order valence-electron chi connectivity index (χ2n) is 4.49. The van der Waals surface area contributed by atoms with Gasteiger partial charge in [0.25, 0.3) is 0 Å². The maximum Gasteiger partial charge on any atom is 0.347 e. The molecule has 0 spiro atoms. The topological polar surface area (TPSA) is 63.1 Å². The van der Waals surface area contributed by atoms with Gasteiger partial charge in [0, 0.05) is 17.0 Å². The van der Waals surface area contributed by atoms with Crippen LogP contribution in [0.1, 0.15) is 40.1 Å². The summed E-state index contributed by atoms with van der Waals surface area (Å²) in [4.78, 5) is 20.4. The van der Waals surface area contributed by atoms with Gasteiger partial charge in [-0.1, -0.05) is 13.3 Å². The molecule has 2 aromatic heterocycles. The van der Waals surface area contributed by atoms with Gasteiger partial charge in [0.1, 0.15) is 9.88 Å². The molecule has 0 aliphatic carbocycles. The minimum Gasteiger partial charge on any atom is -0.477 e. The van der Waals surface area contributed by atoms with Gasteiger partial charge in [-0.2, -0.15) is 0 Å². The summed E-state index contributed by atoms with van der Waals surface area (Å²) >= 11 is 1.24. The third-order valence-electron chi connectivity index (χ3n) is 2.71. The van der Waals surface area contributed by atoms with Gasteiger partial charge >= 0.3 is 5.97 Å². The van der Waals surface area contributed by atoms with E-state index in [-0.39, 0.29) is 0 Å². The lowest BCUT2D eigenvalue weighted by Gasteiger charge is -2.00. The number of aromatic nitrogens is 2. The van der Waals surface area contributed by atoms with Crippen LogP contribution in [0.15, 0.2) is 12.1 Å². The number of hydrogen-bond acceptors (Lipinski definition) is 4. The van der Waals surface area contributed by atoms with Gasteiger partial charge in [-0.15, -0.1) is 11.3 Å². The van der Waals surface area contributed by atoms with E-state index < -0.39 is 5.97 Å². The molecule has 2 aromatic rings. The van der Waals surface area contributed by atoms with Crippen LogP contribution in [0.2, 0.25) is 0 Å². The summed E-state index contributed by atoms with van der Waals surface area (Å²) in [5.74, 6) is -0.894. The fourth-order valence-electron chi connectivity index (χ4n) is 2.01. The van der Waals surface area contributed by atoms with E-state index in [4.69, 9.17) is 0 Å². The highest BCUT2D eigenvalue weighted by molar-refractivity contribution is 7.17. The molecule has 4 nitrogen and oxygen atoms in total. The Hall–Kier alpha value is -1.75. The first-order chi connectivity index (χ1) is 9.01. The van der Waals surface area contributed by atoms with E-state index in [0.29, 0.717) is 17.0 Å². The Morgan fingerprint density at radius 3 is 2.42 bits per heavy atom. The van der Waals surface area contributed by atoms with Crippen molar-refractivity contribution in [1.29, 1.82) is 0 Å². The number of pyridine rings is 1. The molecule has 0 aromatic carbocycles. The molecule has 19 heavy (non-hydrogen) atoms. The average Bonchev–Trinajstić information content (AvgIpc) is 2.72. The largest absolute Gasteiger partial charge is 0.477 e.